The Balaban J connectivity index is 1.69. The van der Waals surface area contributed by atoms with E-state index in [9.17, 15) is 4.79 Å². The average Bonchev–Trinajstić information content (AvgIpc) is 3.17. The Kier molecular flexibility index (Phi) is 5.44. The Morgan fingerprint density at radius 2 is 2.00 bits per heavy atom. The van der Waals surface area contributed by atoms with E-state index < -0.39 is 0 Å². The maximum absolute atomic E-state index is 11.9. The van der Waals surface area contributed by atoms with Crippen molar-refractivity contribution >= 4 is 23.5 Å². The van der Waals surface area contributed by atoms with E-state index >= 15 is 0 Å². The van der Waals surface area contributed by atoms with E-state index in [0.29, 0.717) is 35.6 Å². The molecule has 1 aromatic rings. The number of benzene rings is 1. The highest BCUT2D eigenvalue weighted by Crippen LogP contribution is 2.28. The molecule has 1 aliphatic rings. The highest BCUT2D eigenvalue weighted by atomic mass is 35.5. The fourth-order valence-corrected chi connectivity index (χ4v) is 2.21. The second kappa shape index (κ2) is 7.31. The molecule has 0 bridgehead atoms. The first-order valence-electron chi connectivity index (χ1n) is 7.11. The summed E-state index contributed by atoms with van der Waals surface area (Å²) >= 11 is 5.98. The van der Waals surface area contributed by atoms with Crippen LogP contribution in [0.25, 0.3) is 0 Å². The molecule has 0 saturated heterocycles. The van der Waals surface area contributed by atoms with Crippen LogP contribution >= 0.6 is 11.6 Å². The molecule has 2 atom stereocenters. The van der Waals surface area contributed by atoms with Gasteiger partial charge in [-0.05, 0) is 24.5 Å². The first-order chi connectivity index (χ1) is 10.1. The molecule has 1 amide bonds. The van der Waals surface area contributed by atoms with Crippen molar-refractivity contribution in [3.8, 4) is 0 Å². The highest BCUT2D eigenvalue weighted by Gasteiger charge is 2.33. The number of amides is 1. The van der Waals surface area contributed by atoms with Gasteiger partial charge in [0.05, 0.1) is 10.6 Å². The van der Waals surface area contributed by atoms with Gasteiger partial charge < -0.3 is 16.0 Å². The summed E-state index contributed by atoms with van der Waals surface area (Å²) < 4.78 is 0. The van der Waals surface area contributed by atoms with Gasteiger partial charge in [0.2, 0.25) is 0 Å². The molecule has 0 spiro atoms. The number of carbonyl (C=O) groups is 1. The summed E-state index contributed by atoms with van der Waals surface area (Å²) in [6, 6.07) is 7.53. The molecule has 0 radical (unpaired) electrons. The molecule has 1 saturated carbocycles. The quantitative estimate of drug-likeness (QED) is 0.440. The van der Waals surface area contributed by atoms with Gasteiger partial charge in [0, 0.05) is 26.2 Å². The number of guanidine groups is 1. The number of rotatable bonds is 5. The smallest absolute Gasteiger partial charge is 0.252 e. The fourth-order valence-electron chi connectivity index (χ4n) is 1.99. The summed E-state index contributed by atoms with van der Waals surface area (Å²) in [7, 11) is 1.74. The third-order valence-corrected chi connectivity index (χ3v) is 3.81. The predicted molar refractivity (Wildman–Crippen MR) is 85.9 cm³/mol. The first kappa shape index (κ1) is 15.6. The van der Waals surface area contributed by atoms with Gasteiger partial charge in [-0.25, -0.2) is 0 Å². The number of halogens is 1. The Labute approximate surface area is 130 Å². The normalized spacial score (nSPS) is 20.8. The van der Waals surface area contributed by atoms with Gasteiger partial charge in [-0.3, -0.25) is 9.79 Å². The summed E-state index contributed by atoms with van der Waals surface area (Å²) in [4.78, 5) is 16.1. The van der Waals surface area contributed by atoms with Gasteiger partial charge in [0.25, 0.3) is 5.91 Å². The van der Waals surface area contributed by atoms with Crippen LogP contribution in [-0.4, -0.2) is 38.0 Å². The van der Waals surface area contributed by atoms with Crippen LogP contribution in [0.15, 0.2) is 29.3 Å². The highest BCUT2D eigenvalue weighted by molar-refractivity contribution is 6.33. The topological polar surface area (TPSA) is 65.5 Å². The lowest BCUT2D eigenvalue weighted by Crippen LogP contribution is -2.42. The van der Waals surface area contributed by atoms with Gasteiger partial charge in [0.1, 0.15) is 0 Å². The Morgan fingerprint density at radius 1 is 1.33 bits per heavy atom. The van der Waals surface area contributed by atoms with E-state index in [2.05, 4.69) is 27.9 Å². The van der Waals surface area contributed by atoms with Crippen molar-refractivity contribution in [2.75, 3.05) is 20.1 Å². The van der Waals surface area contributed by atoms with Crippen LogP contribution in [0.5, 0.6) is 0 Å². The lowest BCUT2D eigenvalue weighted by molar-refractivity contribution is 0.0954. The number of hydrogen-bond donors (Lipinski definition) is 3. The zero-order chi connectivity index (χ0) is 15.2. The van der Waals surface area contributed by atoms with Crippen molar-refractivity contribution in [3.63, 3.8) is 0 Å². The third-order valence-electron chi connectivity index (χ3n) is 3.48. The van der Waals surface area contributed by atoms with Crippen LogP contribution in [0.4, 0.5) is 0 Å². The minimum absolute atomic E-state index is 0.166. The zero-order valence-electron chi connectivity index (χ0n) is 12.3. The Bertz CT molecular complexity index is 532. The SMILES string of the molecule is CN=C(NCCNC(=O)c1ccccc1Cl)NC1CC1C. The molecule has 0 aromatic heterocycles. The molecule has 3 N–H and O–H groups in total. The van der Waals surface area contributed by atoms with Gasteiger partial charge >= 0.3 is 0 Å². The zero-order valence-corrected chi connectivity index (χ0v) is 13.1. The van der Waals surface area contributed by atoms with Crippen LogP contribution in [0.3, 0.4) is 0 Å². The van der Waals surface area contributed by atoms with Gasteiger partial charge in [0.15, 0.2) is 5.96 Å². The fraction of sp³-hybridized carbons (Fsp3) is 0.467. The number of nitrogens with zero attached hydrogens (tertiary/aromatic N) is 1. The summed E-state index contributed by atoms with van der Waals surface area (Å²) in [5, 5.41) is 9.79. The minimum atomic E-state index is -0.166. The second-order valence-corrected chi connectivity index (χ2v) is 5.61. The van der Waals surface area contributed by atoms with E-state index in [-0.39, 0.29) is 5.91 Å². The molecule has 1 aromatic carbocycles. The van der Waals surface area contributed by atoms with E-state index in [0.717, 1.165) is 5.96 Å². The number of nitrogens with one attached hydrogen (secondary N) is 3. The molecule has 5 nitrogen and oxygen atoms in total. The molecule has 1 fully saturated rings. The summed E-state index contributed by atoms with van der Waals surface area (Å²) in [5.74, 6) is 1.32. The summed E-state index contributed by atoms with van der Waals surface area (Å²) in [6.45, 7) is 3.32. The molecule has 0 aliphatic heterocycles. The molecule has 2 unspecified atom stereocenters. The van der Waals surface area contributed by atoms with Crippen molar-refractivity contribution in [3.05, 3.63) is 34.9 Å². The van der Waals surface area contributed by atoms with E-state index in [1.165, 1.54) is 6.42 Å². The largest absolute Gasteiger partial charge is 0.355 e. The summed E-state index contributed by atoms with van der Waals surface area (Å²) in [5.41, 5.74) is 0.494. The molecular formula is C15H21ClN4O. The average molecular weight is 309 g/mol. The lowest BCUT2D eigenvalue weighted by atomic mass is 10.2. The van der Waals surface area contributed by atoms with Crippen molar-refractivity contribution < 1.29 is 4.79 Å². The van der Waals surface area contributed by atoms with Crippen LogP contribution in [0, 0.1) is 5.92 Å². The standard InChI is InChI=1S/C15H21ClN4O/c1-10-9-13(10)20-15(17-2)19-8-7-18-14(21)11-5-3-4-6-12(11)16/h3-6,10,13H,7-9H2,1-2H3,(H,18,21)(H2,17,19,20). The van der Waals surface area contributed by atoms with Gasteiger partial charge in [-0.1, -0.05) is 30.7 Å². The molecule has 1 aliphatic carbocycles. The van der Waals surface area contributed by atoms with Crippen LogP contribution in [-0.2, 0) is 0 Å². The maximum atomic E-state index is 11.9. The first-order valence-corrected chi connectivity index (χ1v) is 7.49. The van der Waals surface area contributed by atoms with Crippen LogP contribution in [0.1, 0.15) is 23.7 Å². The number of aliphatic imine (C=N–C) groups is 1. The number of carbonyl (C=O) groups excluding carboxylic acids is 1. The molecule has 6 heteroatoms. The predicted octanol–water partition coefficient (Wildman–Crippen LogP) is 1.64. The molecular weight excluding hydrogens is 288 g/mol. The second-order valence-electron chi connectivity index (χ2n) is 5.20. The van der Waals surface area contributed by atoms with E-state index in [1.54, 1.807) is 31.3 Å². The van der Waals surface area contributed by atoms with Crippen molar-refractivity contribution in [1.82, 2.24) is 16.0 Å². The molecule has 0 heterocycles. The van der Waals surface area contributed by atoms with Gasteiger partial charge in [-0.2, -0.15) is 0 Å². The van der Waals surface area contributed by atoms with Crippen LogP contribution < -0.4 is 16.0 Å². The van der Waals surface area contributed by atoms with Gasteiger partial charge in [-0.15, -0.1) is 0 Å². The van der Waals surface area contributed by atoms with Crippen LogP contribution in [0.2, 0.25) is 5.02 Å². The van der Waals surface area contributed by atoms with Crippen molar-refractivity contribution in [2.45, 2.75) is 19.4 Å². The molecule has 114 valence electrons. The van der Waals surface area contributed by atoms with Crippen molar-refractivity contribution in [1.29, 1.82) is 0 Å². The maximum Gasteiger partial charge on any atom is 0.252 e. The summed E-state index contributed by atoms with van der Waals surface area (Å²) in [6.07, 6.45) is 1.18. The third kappa shape index (κ3) is 4.63. The monoisotopic (exact) mass is 308 g/mol. The lowest BCUT2D eigenvalue weighted by Gasteiger charge is -2.12. The Morgan fingerprint density at radius 3 is 2.62 bits per heavy atom. The number of hydrogen-bond acceptors (Lipinski definition) is 2. The minimum Gasteiger partial charge on any atom is -0.355 e. The van der Waals surface area contributed by atoms with E-state index in [1.807, 2.05) is 0 Å². The van der Waals surface area contributed by atoms with Crippen molar-refractivity contribution in [2.24, 2.45) is 10.9 Å². The Hall–Kier alpha value is -1.75. The molecule has 2 rings (SSSR count). The van der Waals surface area contributed by atoms with E-state index in [4.69, 9.17) is 11.6 Å². The molecule has 21 heavy (non-hydrogen) atoms.